The van der Waals surface area contributed by atoms with Gasteiger partial charge in [-0.3, -0.25) is 14.5 Å². The fourth-order valence-corrected chi connectivity index (χ4v) is 5.03. The molecule has 6 rings (SSSR count). The molecular formula is C26H22N6O2. The number of nitrogens with zero attached hydrogens (tertiary/aromatic N) is 4. The van der Waals surface area contributed by atoms with Crippen LogP contribution in [-0.4, -0.2) is 40.3 Å². The third-order valence-corrected chi connectivity index (χ3v) is 6.77. The molecular weight excluding hydrogens is 428 g/mol. The first-order chi connectivity index (χ1) is 16.4. The molecule has 0 aliphatic carbocycles. The standard InChI is InChI=1S/C26H22N6O2/c1-31-24(33)19-4-2-3-18-17(6-7-20(22(18)19)25(31)34)14-5-8-21-15(11-14)9-10-32(21)13-16-12-29-26(28)30-23(16)27/h2-8,11-12H,9-10,13H2,1H3,(H4,27,28,29,30). The van der Waals surface area contributed by atoms with Crippen LogP contribution in [0.15, 0.2) is 54.7 Å². The summed E-state index contributed by atoms with van der Waals surface area (Å²) >= 11 is 0. The van der Waals surface area contributed by atoms with Gasteiger partial charge in [0.15, 0.2) is 0 Å². The van der Waals surface area contributed by atoms with Crippen molar-refractivity contribution in [1.82, 2.24) is 14.9 Å². The second-order valence-electron chi connectivity index (χ2n) is 8.71. The Morgan fingerprint density at radius 3 is 2.53 bits per heavy atom. The summed E-state index contributed by atoms with van der Waals surface area (Å²) in [5.41, 5.74) is 18.1. The molecule has 2 aliphatic heterocycles. The molecule has 1 aromatic heterocycles. The van der Waals surface area contributed by atoms with E-state index in [2.05, 4.69) is 33.1 Å². The third-order valence-electron chi connectivity index (χ3n) is 6.77. The van der Waals surface area contributed by atoms with E-state index in [-0.39, 0.29) is 17.8 Å². The molecule has 8 nitrogen and oxygen atoms in total. The Bertz CT molecular complexity index is 1510. The Kier molecular flexibility index (Phi) is 4.32. The number of hydrogen-bond donors (Lipinski definition) is 2. The molecule has 4 aromatic rings. The second-order valence-corrected chi connectivity index (χ2v) is 8.71. The zero-order valence-corrected chi connectivity index (χ0v) is 18.6. The Hall–Kier alpha value is -4.46. The first kappa shape index (κ1) is 20.2. The number of carbonyl (C=O) groups is 2. The second kappa shape index (κ2) is 7.28. The van der Waals surface area contributed by atoms with Gasteiger partial charge in [-0.15, -0.1) is 0 Å². The number of nitrogen functional groups attached to an aromatic ring is 2. The molecule has 0 saturated carbocycles. The van der Waals surface area contributed by atoms with E-state index in [0.717, 1.165) is 46.1 Å². The number of hydrogen-bond acceptors (Lipinski definition) is 7. The lowest BCUT2D eigenvalue weighted by Crippen LogP contribution is -2.36. The van der Waals surface area contributed by atoms with Crippen molar-refractivity contribution in [3.63, 3.8) is 0 Å². The van der Waals surface area contributed by atoms with Crippen molar-refractivity contribution in [2.45, 2.75) is 13.0 Å². The van der Waals surface area contributed by atoms with Crippen molar-refractivity contribution >= 4 is 40.0 Å². The lowest BCUT2D eigenvalue weighted by molar-refractivity contribution is 0.0650. The largest absolute Gasteiger partial charge is 0.383 e. The number of imide groups is 1. The normalized spacial score (nSPS) is 14.7. The van der Waals surface area contributed by atoms with Crippen molar-refractivity contribution in [1.29, 1.82) is 0 Å². The molecule has 3 heterocycles. The number of fused-ring (bicyclic) bond motifs is 1. The molecule has 0 unspecified atom stereocenters. The van der Waals surface area contributed by atoms with Crippen LogP contribution in [0.1, 0.15) is 31.8 Å². The van der Waals surface area contributed by atoms with E-state index < -0.39 is 0 Å². The maximum Gasteiger partial charge on any atom is 0.261 e. The van der Waals surface area contributed by atoms with Gasteiger partial charge >= 0.3 is 0 Å². The minimum absolute atomic E-state index is 0.170. The van der Waals surface area contributed by atoms with Gasteiger partial charge in [0.2, 0.25) is 5.95 Å². The van der Waals surface area contributed by atoms with Crippen molar-refractivity contribution in [3.05, 3.63) is 77.0 Å². The van der Waals surface area contributed by atoms with E-state index in [1.54, 1.807) is 12.3 Å². The molecule has 0 spiro atoms. The predicted molar refractivity (Wildman–Crippen MR) is 131 cm³/mol. The Labute approximate surface area is 195 Å². The van der Waals surface area contributed by atoms with E-state index in [4.69, 9.17) is 11.5 Å². The van der Waals surface area contributed by atoms with Gasteiger partial charge in [-0.2, -0.15) is 4.98 Å². The minimum Gasteiger partial charge on any atom is -0.383 e. The first-order valence-corrected chi connectivity index (χ1v) is 11.1. The van der Waals surface area contributed by atoms with Gasteiger partial charge in [-0.05, 0) is 52.8 Å². The van der Waals surface area contributed by atoms with Gasteiger partial charge in [0, 0.05) is 54.1 Å². The third kappa shape index (κ3) is 2.92. The number of nitrogens with two attached hydrogens (primary N) is 2. The first-order valence-electron chi connectivity index (χ1n) is 11.1. The van der Waals surface area contributed by atoms with E-state index in [9.17, 15) is 9.59 Å². The maximum atomic E-state index is 12.7. The van der Waals surface area contributed by atoms with Crippen LogP contribution in [0.3, 0.4) is 0 Å². The summed E-state index contributed by atoms with van der Waals surface area (Å²) in [6.45, 7) is 1.47. The van der Waals surface area contributed by atoms with Crippen molar-refractivity contribution in [2.24, 2.45) is 0 Å². The van der Waals surface area contributed by atoms with Crippen LogP contribution in [-0.2, 0) is 13.0 Å². The van der Waals surface area contributed by atoms with Crippen molar-refractivity contribution in [3.8, 4) is 11.1 Å². The molecule has 8 heteroatoms. The summed E-state index contributed by atoms with van der Waals surface area (Å²) in [7, 11) is 1.52. The highest BCUT2D eigenvalue weighted by molar-refractivity contribution is 6.26. The van der Waals surface area contributed by atoms with Crippen LogP contribution in [0.25, 0.3) is 21.9 Å². The van der Waals surface area contributed by atoms with Gasteiger partial charge < -0.3 is 16.4 Å². The van der Waals surface area contributed by atoms with Gasteiger partial charge in [0.05, 0.1) is 0 Å². The Morgan fingerprint density at radius 1 is 0.971 bits per heavy atom. The van der Waals surface area contributed by atoms with Crippen LogP contribution in [0, 0.1) is 0 Å². The summed E-state index contributed by atoms with van der Waals surface area (Å²) in [6, 6.07) is 15.8. The highest BCUT2D eigenvalue weighted by Crippen LogP contribution is 2.39. The predicted octanol–water partition coefficient (Wildman–Crippen LogP) is 3.25. The highest BCUT2D eigenvalue weighted by Gasteiger charge is 2.31. The van der Waals surface area contributed by atoms with E-state index in [0.29, 0.717) is 23.5 Å². The lowest BCUT2D eigenvalue weighted by atomic mass is 9.89. The molecule has 34 heavy (non-hydrogen) atoms. The summed E-state index contributed by atoms with van der Waals surface area (Å²) in [4.78, 5) is 37.0. The number of amides is 2. The molecule has 4 N–H and O–H groups in total. The lowest BCUT2D eigenvalue weighted by Gasteiger charge is -2.24. The zero-order chi connectivity index (χ0) is 23.6. The molecule has 0 fully saturated rings. The molecule has 2 amide bonds. The number of rotatable bonds is 3. The number of anilines is 3. The molecule has 0 saturated heterocycles. The minimum atomic E-state index is -0.268. The number of benzene rings is 3. The summed E-state index contributed by atoms with van der Waals surface area (Å²) in [5.74, 6) is 0.0338. The molecule has 0 radical (unpaired) electrons. The zero-order valence-electron chi connectivity index (χ0n) is 18.6. The fourth-order valence-electron chi connectivity index (χ4n) is 5.03. The molecule has 0 bridgehead atoms. The Balaban J connectivity index is 1.40. The SMILES string of the molecule is CN1C(=O)c2cccc3c(-c4ccc5c(c4)CCN5Cc4cnc(N)nc4N)ccc(c23)C1=O. The van der Waals surface area contributed by atoms with E-state index >= 15 is 0 Å². The van der Waals surface area contributed by atoms with Crippen LogP contribution >= 0.6 is 0 Å². The van der Waals surface area contributed by atoms with E-state index in [1.807, 2.05) is 24.3 Å². The number of carbonyl (C=O) groups excluding carboxylic acids is 2. The Morgan fingerprint density at radius 2 is 1.74 bits per heavy atom. The molecule has 2 aliphatic rings. The fraction of sp³-hybridized carbons (Fsp3) is 0.154. The summed E-state index contributed by atoms with van der Waals surface area (Å²) < 4.78 is 0. The van der Waals surface area contributed by atoms with Gasteiger partial charge in [0.25, 0.3) is 11.8 Å². The van der Waals surface area contributed by atoms with Gasteiger partial charge in [0.1, 0.15) is 5.82 Å². The van der Waals surface area contributed by atoms with Crippen LogP contribution in [0.4, 0.5) is 17.5 Å². The quantitative estimate of drug-likeness (QED) is 0.460. The topological polar surface area (TPSA) is 118 Å². The average molecular weight is 451 g/mol. The maximum absolute atomic E-state index is 12.7. The highest BCUT2D eigenvalue weighted by atomic mass is 16.2. The van der Waals surface area contributed by atoms with Crippen molar-refractivity contribution in [2.75, 3.05) is 30.0 Å². The van der Waals surface area contributed by atoms with Gasteiger partial charge in [-0.1, -0.05) is 24.3 Å². The smallest absolute Gasteiger partial charge is 0.261 e. The van der Waals surface area contributed by atoms with Crippen LogP contribution in [0.5, 0.6) is 0 Å². The average Bonchev–Trinajstić information content (AvgIpc) is 3.24. The summed E-state index contributed by atoms with van der Waals surface area (Å²) in [5, 5.41) is 1.64. The molecule has 168 valence electrons. The molecule has 0 atom stereocenters. The summed E-state index contributed by atoms with van der Waals surface area (Å²) in [6.07, 6.45) is 2.58. The number of aromatic nitrogens is 2. The molecule has 3 aromatic carbocycles. The van der Waals surface area contributed by atoms with Crippen LogP contribution < -0.4 is 16.4 Å². The van der Waals surface area contributed by atoms with Gasteiger partial charge in [-0.25, -0.2) is 4.98 Å². The van der Waals surface area contributed by atoms with Crippen LogP contribution in [0.2, 0.25) is 0 Å². The van der Waals surface area contributed by atoms with Crippen molar-refractivity contribution < 1.29 is 9.59 Å². The monoisotopic (exact) mass is 450 g/mol. The van der Waals surface area contributed by atoms with E-state index in [1.165, 1.54) is 17.5 Å².